The minimum Gasteiger partial charge on any atom is -0.210 e. The van der Waals surface area contributed by atoms with E-state index in [-0.39, 0.29) is 9.72 Å². The van der Waals surface area contributed by atoms with E-state index in [1.165, 1.54) is 18.2 Å². The number of alkyl halides is 1. The molecule has 3 nitrogen and oxygen atoms in total. The molecule has 0 amide bonds. The maximum absolute atomic E-state index is 12.0. The number of sulfonamides is 1. The zero-order valence-corrected chi connectivity index (χ0v) is 13.3. The smallest absolute Gasteiger partial charge is 0.210 e. The standard InChI is InChI=1S/C11H12BrCl2NO2S/c12-11(7-1-2-7)6-15-18(16,17)10-4-8(13)3-9(14)5-10/h3-5,7,11,15H,1-2,6H2. The third-order valence-electron chi connectivity index (χ3n) is 2.75. The van der Waals surface area contributed by atoms with Crippen LogP contribution in [-0.2, 0) is 10.0 Å². The molecule has 0 bridgehead atoms. The lowest BCUT2D eigenvalue weighted by Gasteiger charge is -2.11. The molecule has 1 aromatic carbocycles. The van der Waals surface area contributed by atoms with Crippen molar-refractivity contribution in [2.45, 2.75) is 22.6 Å². The van der Waals surface area contributed by atoms with Gasteiger partial charge < -0.3 is 0 Å². The second-order valence-corrected chi connectivity index (χ2v) is 8.13. The Hall–Kier alpha value is 0.190. The molecule has 100 valence electrons. The van der Waals surface area contributed by atoms with Crippen molar-refractivity contribution in [3.8, 4) is 0 Å². The highest BCUT2D eigenvalue weighted by Crippen LogP contribution is 2.36. The van der Waals surface area contributed by atoms with Crippen LogP contribution in [0.15, 0.2) is 23.1 Å². The summed E-state index contributed by atoms with van der Waals surface area (Å²) in [6.07, 6.45) is 2.31. The zero-order chi connectivity index (χ0) is 13.3. The fourth-order valence-corrected chi connectivity index (χ4v) is 4.27. The first-order valence-electron chi connectivity index (χ1n) is 5.48. The Morgan fingerprint density at radius 3 is 2.33 bits per heavy atom. The van der Waals surface area contributed by atoms with Gasteiger partial charge in [-0.3, -0.25) is 0 Å². The molecule has 1 aliphatic rings. The highest BCUT2D eigenvalue weighted by Gasteiger charge is 2.30. The molecule has 1 aromatic rings. The van der Waals surface area contributed by atoms with Gasteiger partial charge in [-0.05, 0) is 37.0 Å². The number of hydrogen-bond acceptors (Lipinski definition) is 2. The molecule has 1 unspecified atom stereocenters. The van der Waals surface area contributed by atoms with Gasteiger partial charge in [0, 0.05) is 21.4 Å². The topological polar surface area (TPSA) is 46.2 Å². The lowest BCUT2D eigenvalue weighted by Crippen LogP contribution is -2.30. The molecule has 0 radical (unpaired) electrons. The van der Waals surface area contributed by atoms with Crippen LogP contribution < -0.4 is 4.72 Å². The maximum Gasteiger partial charge on any atom is 0.240 e. The number of nitrogens with one attached hydrogen (secondary N) is 1. The van der Waals surface area contributed by atoms with E-state index in [2.05, 4.69) is 20.7 Å². The molecule has 0 aliphatic heterocycles. The Labute approximate surface area is 125 Å². The summed E-state index contributed by atoms with van der Waals surface area (Å²) in [6.45, 7) is 0.372. The normalized spacial score (nSPS) is 17.7. The summed E-state index contributed by atoms with van der Waals surface area (Å²) in [5.74, 6) is 0.579. The van der Waals surface area contributed by atoms with Gasteiger partial charge in [-0.25, -0.2) is 13.1 Å². The second-order valence-electron chi connectivity index (χ2n) is 4.31. The van der Waals surface area contributed by atoms with E-state index in [4.69, 9.17) is 23.2 Å². The van der Waals surface area contributed by atoms with Gasteiger partial charge in [0.05, 0.1) is 4.90 Å². The molecule has 7 heteroatoms. The predicted octanol–water partition coefficient (Wildman–Crippen LogP) is 3.45. The lowest BCUT2D eigenvalue weighted by molar-refractivity contribution is 0.578. The van der Waals surface area contributed by atoms with E-state index >= 15 is 0 Å². The fourth-order valence-electron chi connectivity index (χ4n) is 1.58. The minimum atomic E-state index is -3.55. The highest BCUT2D eigenvalue weighted by molar-refractivity contribution is 9.09. The molecule has 1 saturated carbocycles. The summed E-state index contributed by atoms with van der Waals surface area (Å²) in [5.41, 5.74) is 0. The lowest BCUT2D eigenvalue weighted by atomic mass is 10.3. The van der Waals surface area contributed by atoms with Crippen molar-refractivity contribution in [3.63, 3.8) is 0 Å². The molecule has 1 atom stereocenters. The first kappa shape index (κ1) is 14.6. The molecular formula is C11H12BrCl2NO2S. The molecule has 2 rings (SSSR count). The summed E-state index contributed by atoms with van der Waals surface area (Å²) >= 11 is 15.1. The van der Waals surface area contributed by atoms with E-state index in [9.17, 15) is 8.42 Å². The van der Waals surface area contributed by atoms with Gasteiger partial charge in [0.1, 0.15) is 0 Å². The maximum atomic E-state index is 12.0. The molecular weight excluding hydrogens is 361 g/mol. The monoisotopic (exact) mass is 371 g/mol. The van der Waals surface area contributed by atoms with Crippen LogP contribution in [0.5, 0.6) is 0 Å². The number of hydrogen-bond donors (Lipinski definition) is 1. The van der Waals surface area contributed by atoms with Crippen LogP contribution in [0.1, 0.15) is 12.8 Å². The summed E-state index contributed by atoms with van der Waals surface area (Å²) in [4.78, 5) is 0.275. The third kappa shape index (κ3) is 3.84. The van der Waals surface area contributed by atoms with Gasteiger partial charge in [-0.15, -0.1) is 0 Å². The van der Waals surface area contributed by atoms with Crippen molar-refractivity contribution in [1.29, 1.82) is 0 Å². The second kappa shape index (κ2) is 5.67. The molecule has 0 heterocycles. The van der Waals surface area contributed by atoms with Gasteiger partial charge in [0.2, 0.25) is 10.0 Å². The Bertz CT molecular complexity index is 526. The summed E-state index contributed by atoms with van der Waals surface area (Å²) < 4.78 is 26.6. The van der Waals surface area contributed by atoms with Crippen molar-refractivity contribution < 1.29 is 8.42 Å². The summed E-state index contributed by atoms with van der Waals surface area (Å²) in [7, 11) is -3.55. The van der Waals surface area contributed by atoms with Gasteiger partial charge in [0.15, 0.2) is 0 Å². The zero-order valence-electron chi connectivity index (χ0n) is 9.37. The van der Waals surface area contributed by atoms with Crippen LogP contribution in [0.4, 0.5) is 0 Å². The predicted molar refractivity (Wildman–Crippen MR) is 77.1 cm³/mol. The van der Waals surface area contributed by atoms with Crippen LogP contribution in [0, 0.1) is 5.92 Å². The third-order valence-corrected chi connectivity index (χ3v) is 5.66. The van der Waals surface area contributed by atoms with Crippen LogP contribution >= 0.6 is 39.1 Å². The molecule has 1 N–H and O–H groups in total. The minimum absolute atomic E-state index is 0.0931. The van der Waals surface area contributed by atoms with Crippen LogP contribution in [0.3, 0.4) is 0 Å². The van der Waals surface area contributed by atoms with E-state index in [0.717, 1.165) is 12.8 Å². The van der Waals surface area contributed by atoms with Gasteiger partial charge >= 0.3 is 0 Å². The van der Waals surface area contributed by atoms with Crippen molar-refractivity contribution in [3.05, 3.63) is 28.2 Å². The Morgan fingerprint density at radius 1 is 1.28 bits per heavy atom. The summed E-state index contributed by atoms with van der Waals surface area (Å²) in [6, 6.07) is 4.27. The Balaban J connectivity index is 2.09. The van der Waals surface area contributed by atoms with Gasteiger partial charge in [-0.1, -0.05) is 39.1 Å². The highest BCUT2D eigenvalue weighted by atomic mass is 79.9. The van der Waals surface area contributed by atoms with Crippen molar-refractivity contribution in [2.75, 3.05) is 6.54 Å². The van der Waals surface area contributed by atoms with Gasteiger partial charge in [-0.2, -0.15) is 0 Å². The Morgan fingerprint density at radius 2 is 1.83 bits per heavy atom. The largest absolute Gasteiger partial charge is 0.240 e. The van der Waals surface area contributed by atoms with E-state index in [1.54, 1.807) is 0 Å². The quantitative estimate of drug-likeness (QED) is 0.804. The number of benzene rings is 1. The first-order valence-corrected chi connectivity index (χ1v) is 8.64. The molecule has 0 saturated heterocycles. The average molecular weight is 373 g/mol. The molecule has 18 heavy (non-hydrogen) atoms. The van der Waals surface area contributed by atoms with E-state index in [1.807, 2.05) is 0 Å². The van der Waals surface area contributed by atoms with Gasteiger partial charge in [0.25, 0.3) is 0 Å². The molecule has 1 fully saturated rings. The van der Waals surface area contributed by atoms with Crippen LogP contribution in [0.2, 0.25) is 10.0 Å². The molecule has 0 spiro atoms. The van der Waals surface area contributed by atoms with Crippen molar-refractivity contribution in [2.24, 2.45) is 5.92 Å². The SMILES string of the molecule is O=S(=O)(NCC(Br)C1CC1)c1cc(Cl)cc(Cl)c1. The average Bonchev–Trinajstić information content (AvgIpc) is 3.08. The van der Waals surface area contributed by atoms with Crippen molar-refractivity contribution in [1.82, 2.24) is 4.72 Å². The van der Waals surface area contributed by atoms with Crippen LogP contribution in [-0.4, -0.2) is 19.8 Å². The number of halogens is 3. The first-order chi connectivity index (χ1) is 8.38. The molecule has 0 aromatic heterocycles. The number of rotatable bonds is 5. The van der Waals surface area contributed by atoms with Crippen molar-refractivity contribution >= 4 is 49.2 Å². The fraction of sp³-hybridized carbons (Fsp3) is 0.455. The van der Waals surface area contributed by atoms with Crippen LogP contribution in [0.25, 0.3) is 0 Å². The summed E-state index contributed by atoms with van der Waals surface area (Å²) in [5, 5.41) is 0.612. The molecule has 1 aliphatic carbocycles. The van der Waals surface area contributed by atoms with E-state index in [0.29, 0.717) is 22.5 Å². The van der Waals surface area contributed by atoms with E-state index < -0.39 is 10.0 Å². The Kier molecular flexibility index (Phi) is 4.60.